The molecule has 0 atom stereocenters. The Balaban J connectivity index is 1.67. The second-order valence-electron chi connectivity index (χ2n) is 6.16. The molecule has 0 amide bonds. The molecule has 0 radical (unpaired) electrons. The molecule has 0 aromatic heterocycles. The van der Waals surface area contributed by atoms with Gasteiger partial charge in [0.05, 0.1) is 6.61 Å². The first-order valence-corrected chi connectivity index (χ1v) is 8.41. The van der Waals surface area contributed by atoms with Gasteiger partial charge < -0.3 is 15.0 Å². The summed E-state index contributed by atoms with van der Waals surface area (Å²) in [5, 5.41) is 3.67. The maximum atomic E-state index is 5.74. The minimum atomic E-state index is 0.672. The summed E-state index contributed by atoms with van der Waals surface area (Å²) in [7, 11) is 2.20. The second-order valence-corrected chi connectivity index (χ2v) is 6.16. The number of rotatable bonds is 8. The van der Waals surface area contributed by atoms with Crippen LogP contribution in [0.15, 0.2) is 24.3 Å². The number of nitrogens with one attached hydrogen (secondary N) is 1. The van der Waals surface area contributed by atoms with Crippen molar-refractivity contribution >= 4 is 0 Å². The van der Waals surface area contributed by atoms with Gasteiger partial charge in [-0.15, -0.1) is 0 Å². The Labute approximate surface area is 129 Å². The highest BCUT2D eigenvalue weighted by molar-refractivity contribution is 5.27. The van der Waals surface area contributed by atoms with Crippen LogP contribution in [-0.4, -0.2) is 37.7 Å². The van der Waals surface area contributed by atoms with Crippen LogP contribution in [0.1, 0.15) is 44.6 Å². The molecule has 0 saturated carbocycles. The smallest absolute Gasteiger partial charge is 0.119 e. The minimum absolute atomic E-state index is 0.672. The highest BCUT2D eigenvalue weighted by Crippen LogP contribution is 2.14. The van der Waals surface area contributed by atoms with E-state index >= 15 is 0 Å². The summed E-state index contributed by atoms with van der Waals surface area (Å²) < 4.78 is 5.74. The van der Waals surface area contributed by atoms with Crippen LogP contribution in [0, 0.1) is 0 Å². The Kier molecular flexibility index (Phi) is 7.04. The standard InChI is InChI=1S/C18H30N2O/c1-3-4-5-14-21-18-8-6-16(7-9-18)15-19-17-10-12-20(2)13-11-17/h6-9,17,19H,3-5,10-15H2,1-2H3. The molecule has 21 heavy (non-hydrogen) atoms. The maximum absolute atomic E-state index is 5.74. The third-order valence-electron chi connectivity index (χ3n) is 4.25. The molecular weight excluding hydrogens is 260 g/mol. The van der Waals surface area contributed by atoms with Gasteiger partial charge in [0.2, 0.25) is 0 Å². The lowest BCUT2D eigenvalue weighted by Gasteiger charge is -2.29. The fourth-order valence-corrected chi connectivity index (χ4v) is 2.72. The third kappa shape index (κ3) is 6.06. The van der Waals surface area contributed by atoms with Gasteiger partial charge in [-0.05, 0) is 57.1 Å². The summed E-state index contributed by atoms with van der Waals surface area (Å²) in [5.74, 6) is 0.995. The van der Waals surface area contributed by atoms with Crippen LogP contribution in [0.3, 0.4) is 0 Å². The molecule has 0 aliphatic carbocycles. The first kappa shape index (κ1) is 16.3. The van der Waals surface area contributed by atoms with Crippen LogP contribution < -0.4 is 10.1 Å². The van der Waals surface area contributed by atoms with Gasteiger partial charge in [0.15, 0.2) is 0 Å². The van der Waals surface area contributed by atoms with E-state index in [4.69, 9.17) is 4.74 Å². The molecule has 0 bridgehead atoms. The molecule has 1 aromatic rings. The summed E-state index contributed by atoms with van der Waals surface area (Å²) in [5.41, 5.74) is 1.34. The first-order chi connectivity index (χ1) is 10.3. The quantitative estimate of drug-likeness (QED) is 0.742. The number of hydrogen-bond donors (Lipinski definition) is 1. The molecule has 0 unspecified atom stereocenters. The van der Waals surface area contributed by atoms with Gasteiger partial charge in [-0.1, -0.05) is 31.9 Å². The lowest BCUT2D eigenvalue weighted by Crippen LogP contribution is -2.40. The van der Waals surface area contributed by atoms with Crippen LogP contribution >= 0.6 is 0 Å². The Morgan fingerprint density at radius 3 is 2.52 bits per heavy atom. The SMILES string of the molecule is CCCCCOc1ccc(CNC2CCN(C)CC2)cc1. The number of benzene rings is 1. The minimum Gasteiger partial charge on any atom is -0.494 e. The van der Waals surface area contributed by atoms with Crippen LogP contribution in [0.5, 0.6) is 5.75 Å². The summed E-state index contributed by atoms with van der Waals surface area (Å²) in [6.07, 6.45) is 6.16. The third-order valence-corrected chi connectivity index (χ3v) is 4.25. The van der Waals surface area contributed by atoms with Crippen molar-refractivity contribution in [3.63, 3.8) is 0 Å². The van der Waals surface area contributed by atoms with Gasteiger partial charge in [0, 0.05) is 12.6 Å². The maximum Gasteiger partial charge on any atom is 0.119 e. The van der Waals surface area contributed by atoms with E-state index in [0.29, 0.717) is 6.04 Å². The topological polar surface area (TPSA) is 24.5 Å². The number of hydrogen-bond acceptors (Lipinski definition) is 3. The van der Waals surface area contributed by atoms with Crippen LogP contribution in [0.25, 0.3) is 0 Å². The summed E-state index contributed by atoms with van der Waals surface area (Å²) in [6.45, 7) is 6.43. The molecule has 1 saturated heterocycles. The molecule has 3 heteroatoms. The van der Waals surface area contributed by atoms with E-state index in [1.54, 1.807) is 0 Å². The zero-order valence-electron chi connectivity index (χ0n) is 13.6. The number of piperidine rings is 1. The molecule has 0 spiro atoms. The molecule has 1 aliphatic heterocycles. The fraction of sp³-hybridized carbons (Fsp3) is 0.667. The zero-order valence-corrected chi connectivity index (χ0v) is 13.6. The Hall–Kier alpha value is -1.06. The van der Waals surface area contributed by atoms with Crippen molar-refractivity contribution in [1.82, 2.24) is 10.2 Å². The van der Waals surface area contributed by atoms with Gasteiger partial charge in [0.25, 0.3) is 0 Å². The normalized spacial score (nSPS) is 17.0. The summed E-state index contributed by atoms with van der Waals surface area (Å²) >= 11 is 0. The first-order valence-electron chi connectivity index (χ1n) is 8.41. The average molecular weight is 290 g/mol. The van der Waals surface area contributed by atoms with Crippen molar-refractivity contribution in [3.05, 3.63) is 29.8 Å². The van der Waals surface area contributed by atoms with Gasteiger partial charge in [-0.3, -0.25) is 0 Å². The van der Waals surface area contributed by atoms with E-state index in [9.17, 15) is 0 Å². The van der Waals surface area contributed by atoms with Gasteiger partial charge >= 0.3 is 0 Å². The van der Waals surface area contributed by atoms with Gasteiger partial charge in [-0.25, -0.2) is 0 Å². The van der Waals surface area contributed by atoms with Crippen molar-refractivity contribution in [2.45, 2.75) is 51.6 Å². The lowest BCUT2D eigenvalue weighted by molar-refractivity contribution is 0.234. The average Bonchev–Trinajstić information content (AvgIpc) is 2.52. The Bertz CT molecular complexity index is 383. The van der Waals surface area contributed by atoms with Crippen molar-refractivity contribution in [2.75, 3.05) is 26.7 Å². The van der Waals surface area contributed by atoms with Crippen molar-refractivity contribution < 1.29 is 4.74 Å². The second kappa shape index (κ2) is 9.06. The summed E-state index contributed by atoms with van der Waals surface area (Å²) in [4.78, 5) is 2.41. The van der Waals surface area contributed by atoms with E-state index in [-0.39, 0.29) is 0 Å². The van der Waals surface area contributed by atoms with Crippen LogP contribution in [0.2, 0.25) is 0 Å². The predicted molar refractivity (Wildman–Crippen MR) is 88.8 cm³/mol. The predicted octanol–water partition coefficient (Wildman–Crippen LogP) is 3.44. The number of unbranched alkanes of at least 4 members (excludes halogenated alkanes) is 2. The fourth-order valence-electron chi connectivity index (χ4n) is 2.72. The van der Waals surface area contributed by atoms with Crippen LogP contribution in [0.4, 0.5) is 0 Å². The van der Waals surface area contributed by atoms with Crippen LogP contribution in [-0.2, 0) is 6.54 Å². The van der Waals surface area contributed by atoms with E-state index in [0.717, 1.165) is 25.3 Å². The van der Waals surface area contributed by atoms with Crippen molar-refractivity contribution in [2.24, 2.45) is 0 Å². The molecule has 1 aliphatic rings. The molecule has 1 heterocycles. The lowest BCUT2D eigenvalue weighted by atomic mass is 10.1. The highest BCUT2D eigenvalue weighted by atomic mass is 16.5. The molecule has 2 rings (SSSR count). The molecule has 1 aromatic carbocycles. The monoisotopic (exact) mass is 290 g/mol. The van der Waals surface area contributed by atoms with E-state index in [1.807, 2.05) is 0 Å². The molecule has 3 nitrogen and oxygen atoms in total. The molecular formula is C18H30N2O. The number of likely N-dealkylation sites (tertiary alicyclic amines) is 1. The van der Waals surface area contributed by atoms with Gasteiger partial charge in [0.1, 0.15) is 5.75 Å². The van der Waals surface area contributed by atoms with E-state index < -0.39 is 0 Å². The number of nitrogens with zero attached hydrogens (tertiary/aromatic N) is 1. The van der Waals surface area contributed by atoms with Crippen molar-refractivity contribution in [1.29, 1.82) is 0 Å². The molecule has 1 fully saturated rings. The number of ether oxygens (including phenoxy) is 1. The Morgan fingerprint density at radius 1 is 1.14 bits per heavy atom. The van der Waals surface area contributed by atoms with E-state index in [1.165, 1.54) is 44.3 Å². The molecule has 1 N–H and O–H groups in total. The molecule has 118 valence electrons. The van der Waals surface area contributed by atoms with E-state index in [2.05, 4.69) is 48.5 Å². The highest BCUT2D eigenvalue weighted by Gasteiger charge is 2.15. The van der Waals surface area contributed by atoms with Gasteiger partial charge in [-0.2, -0.15) is 0 Å². The van der Waals surface area contributed by atoms with Crippen molar-refractivity contribution in [3.8, 4) is 5.75 Å². The zero-order chi connectivity index (χ0) is 14.9. The summed E-state index contributed by atoms with van der Waals surface area (Å²) in [6, 6.07) is 9.22. The largest absolute Gasteiger partial charge is 0.494 e. The Morgan fingerprint density at radius 2 is 1.86 bits per heavy atom.